The Bertz CT molecular complexity index is 54.6. The van der Waals surface area contributed by atoms with E-state index in [1.165, 1.54) is 0 Å². The molecule has 0 aliphatic heterocycles. The van der Waals surface area contributed by atoms with Crippen LogP contribution in [0.2, 0.25) is 0 Å². The maximum absolute atomic E-state index is 7.05. The summed E-state index contributed by atoms with van der Waals surface area (Å²) in [5.41, 5.74) is 5.29. The molecule has 0 spiro atoms. The highest BCUT2D eigenvalue weighted by Gasteiger charge is 2.09. The second-order valence-corrected chi connectivity index (χ2v) is 1.51. The van der Waals surface area contributed by atoms with E-state index in [-0.39, 0.29) is 0 Å². The molecule has 0 atom stereocenters. The molecule has 2 N–H and O–H groups in total. The van der Waals surface area contributed by atoms with Crippen molar-refractivity contribution in [3.05, 3.63) is 0 Å². The number of rotatable bonds is 0. The molecule has 0 radical (unpaired) electrons. The first-order valence-electron chi connectivity index (χ1n) is 2.50. The van der Waals surface area contributed by atoms with Crippen molar-refractivity contribution in [3.63, 3.8) is 0 Å². The standard InChI is InChI=1S/C4H9N/c5-4-2-1-3-4/h4H,1-3,5H2/i4D. The Kier molecular flexibility index (Phi) is 0.428. The lowest BCUT2D eigenvalue weighted by atomic mass is 9.95. The molecule has 1 fully saturated rings. The summed E-state index contributed by atoms with van der Waals surface area (Å²) < 4.78 is 7.05. The summed E-state index contributed by atoms with van der Waals surface area (Å²) in [5.74, 6) is 0. The molecule has 0 saturated heterocycles. The Morgan fingerprint density at radius 2 is 2.20 bits per heavy atom. The van der Waals surface area contributed by atoms with Gasteiger partial charge < -0.3 is 5.73 Å². The van der Waals surface area contributed by atoms with Gasteiger partial charge in [0.05, 0.1) is 0 Å². The Hall–Kier alpha value is -0.0400. The Morgan fingerprint density at radius 3 is 2.20 bits per heavy atom. The SMILES string of the molecule is [2H]C1(N)CCC1. The van der Waals surface area contributed by atoms with Gasteiger partial charge in [0.15, 0.2) is 0 Å². The molecule has 0 amide bonds. The Labute approximate surface area is 33.6 Å². The van der Waals surface area contributed by atoms with E-state index in [1.807, 2.05) is 0 Å². The fourth-order valence-electron chi connectivity index (χ4n) is 0.381. The normalized spacial score (nSPS) is 35.0. The van der Waals surface area contributed by atoms with Crippen LogP contribution in [0.4, 0.5) is 0 Å². The second kappa shape index (κ2) is 0.977. The third-order valence-corrected chi connectivity index (χ3v) is 0.996. The highest BCUT2D eigenvalue weighted by atomic mass is 14.6. The van der Waals surface area contributed by atoms with Gasteiger partial charge in [-0.25, -0.2) is 0 Å². The van der Waals surface area contributed by atoms with Gasteiger partial charge in [0.25, 0.3) is 0 Å². The molecule has 0 aromatic carbocycles. The number of nitrogens with two attached hydrogens (primary N) is 1. The minimum absolute atomic E-state index is 0.528. The molecule has 0 aromatic heterocycles. The lowest BCUT2D eigenvalue weighted by molar-refractivity contribution is 0.418. The van der Waals surface area contributed by atoms with Crippen molar-refractivity contribution < 1.29 is 1.37 Å². The first-order valence-corrected chi connectivity index (χ1v) is 2.00. The third kappa shape index (κ3) is 0.428. The highest BCUT2D eigenvalue weighted by molar-refractivity contribution is 4.70. The summed E-state index contributed by atoms with van der Waals surface area (Å²) in [4.78, 5) is 0. The summed E-state index contributed by atoms with van der Waals surface area (Å²) in [6, 6.07) is -0.528. The van der Waals surface area contributed by atoms with Gasteiger partial charge >= 0.3 is 0 Å². The lowest BCUT2D eigenvalue weighted by Crippen LogP contribution is -2.27. The zero-order chi connectivity index (χ0) is 4.62. The van der Waals surface area contributed by atoms with Crippen molar-refractivity contribution in [3.8, 4) is 0 Å². The van der Waals surface area contributed by atoms with Gasteiger partial charge in [-0.2, -0.15) is 0 Å². The summed E-state index contributed by atoms with van der Waals surface area (Å²) in [7, 11) is 0. The van der Waals surface area contributed by atoms with E-state index in [0.29, 0.717) is 0 Å². The van der Waals surface area contributed by atoms with Gasteiger partial charge in [-0.15, -0.1) is 0 Å². The molecule has 1 nitrogen and oxygen atoms in total. The number of hydrogen-bond donors (Lipinski definition) is 1. The second-order valence-electron chi connectivity index (χ2n) is 1.51. The van der Waals surface area contributed by atoms with E-state index in [0.717, 1.165) is 19.3 Å². The van der Waals surface area contributed by atoms with Crippen LogP contribution in [0.5, 0.6) is 0 Å². The maximum Gasteiger partial charge on any atom is 0.0462 e. The molecule has 0 heterocycles. The van der Waals surface area contributed by atoms with Crippen LogP contribution in [0.15, 0.2) is 0 Å². The van der Waals surface area contributed by atoms with Crippen LogP contribution in [-0.2, 0) is 0 Å². The lowest BCUT2D eigenvalue weighted by Gasteiger charge is -2.18. The minimum atomic E-state index is -0.528. The van der Waals surface area contributed by atoms with Crippen LogP contribution >= 0.6 is 0 Å². The van der Waals surface area contributed by atoms with Gasteiger partial charge in [0.2, 0.25) is 0 Å². The largest absolute Gasteiger partial charge is 0.328 e. The van der Waals surface area contributed by atoms with E-state index in [2.05, 4.69) is 0 Å². The third-order valence-electron chi connectivity index (χ3n) is 0.996. The van der Waals surface area contributed by atoms with E-state index in [4.69, 9.17) is 7.10 Å². The first-order chi connectivity index (χ1) is 2.71. The number of hydrogen-bond acceptors (Lipinski definition) is 1. The molecule has 0 bridgehead atoms. The molecular formula is C4H9N. The summed E-state index contributed by atoms with van der Waals surface area (Å²) in [5, 5.41) is 0. The summed E-state index contributed by atoms with van der Waals surface area (Å²) in [6.45, 7) is 0. The van der Waals surface area contributed by atoms with Crippen molar-refractivity contribution in [1.82, 2.24) is 0 Å². The van der Waals surface area contributed by atoms with Crippen molar-refractivity contribution >= 4 is 0 Å². The molecular weight excluding hydrogens is 62.1 g/mol. The minimum Gasteiger partial charge on any atom is -0.328 e. The Morgan fingerprint density at radius 1 is 1.80 bits per heavy atom. The Balaban J connectivity index is 2.31. The van der Waals surface area contributed by atoms with E-state index in [1.54, 1.807) is 0 Å². The van der Waals surface area contributed by atoms with Gasteiger partial charge in [0.1, 0.15) is 0 Å². The zero-order valence-corrected chi connectivity index (χ0v) is 3.20. The molecule has 1 saturated carbocycles. The fourth-order valence-corrected chi connectivity index (χ4v) is 0.381. The zero-order valence-electron chi connectivity index (χ0n) is 4.20. The van der Waals surface area contributed by atoms with Gasteiger partial charge in [-0.1, -0.05) is 6.42 Å². The fraction of sp³-hybridized carbons (Fsp3) is 1.00. The van der Waals surface area contributed by atoms with E-state index in [9.17, 15) is 0 Å². The quantitative estimate of drug-likeness (QED) is 0.443. The molecule has 1 rings (SSSR count). The topological polar surface area (TPSA) is 26.0 Å². The van der Waals surface area contributed by atoms with E-state index >= 15 is 0 Å². The smallest absolute Gasteiger partial charge is 0.0462 e. The monoisotopic (exact) mass is 72.1 g/mol. The highest BCUT2D eigenvalue weighted by Crippen LogP contribution is 2.14. The molecule has 1 aliphatic rings. The predicted octanol–water partition coefficient (Wildman–Crippen LogP) is 0.498. The van der Waals surface area contributed by atoms with Crippen molar-refractivity contribution in [1.29, 1.82) is 0 Å². The van der Waals surface area contributed by atoms with Gasteiger partial charge in [-0.05, 0) is 12.8 Å². The molecule has 5 heavy (non-hydrogen) atoms. The molecule has 0 aromatic rings. The maximum atomic E-state index is 7.05. The van der Waals surface area contributed by atoms with Crippen LogP contribution in [0.3, 0.4) is 0 Å². The van der Waals surface area contributed by atoms with Gasteiger partial charge in [0, 0.05) is 7.39 Å². The van der Waals surface area contributed by atoms with E-state index < -0.39 is 6.02 Å². The molecule has 1 aliphatic carbocycles. The average Bonchev–Trinajstić information content (AvgIpc) is 1.32. The van der Waals surface area contributed by atoms with Crippen molar-refractivity contribution in [2.24, 2.45) is 5.73 Å². The molecule has 30 valence electrons. The van der Waals surface area contributed by atoms with Crippen molar-refractivity contribution in [2.75, 3.05) is 0 Å². The molecule has 0 unspecified atom stereocenters. The summed E-state index contributed by atoms with van der Waals surface area (Å²) >= 11 is 0. The molecule has 1 heteroatoms. The average molecular weight is 72.1 g/mol. The first kappa shape index (κ1) is 2.19. The van der Waals surface area contributed by atoms with Crippen LogP contribution in [0.1, 0.15) is 20.6 Å². The summed E-state index contributed by atoms with van der Waals surface area (Å²) in [6.07, 6.45) is 2.94. The van der Waals surface area contributed by atoms with Crippen LogP contribution in [-0.4, -0.2) is 6.02 Å². The van der Waals surface area contributed by atoms with Crippen LogP contribution < -0.4 is 5.73 Å². The predicted molar refractivity (Wildman–Crippen MR) is 21.8 cm³/mol. The van der Waals surface area contributed by atoms with Crippen LogP contribution in [0, 0.1) is 0 Å². The van der Waals surface area contributed by atoms with Gasteiger partial charge in [-0.3, -0.25) is 0 Å². The van der Waals surface area contributed by atoms with Crippen molar-refractivity contribution in [2.45, 2.75) is 25.3 Å². The van der Waals surface area contributed by atoms with Crippen LogP contribution in [0.25, 0.3) is 0 Å².